The molecule has 1 saturated heterocycles. The van der Waals surface area contributed by atoms with Gasteiger partial charge in [-0.25, -0.2) is 9.97 Å². The first-order chi connectivity index (χ1) is 18.1. The van der Waals surface area contributed by atoms with Crippen LogP contribution < -0.4 is 0 Å². The molecule has 1 aliphatic carbocycles. The lowest BCUT2D eigenvalue weighted by molar-refractivity contribution is 0.0807. The highest BCUT2D eigenvalue weighted by Gasteiger charge is 2.62. The predicted molar refractivity (Wildman–Crippen MR) is 147 cm³/mol. The van der Waals surface area contributed by atoms with Crippen molar-refractivity contribution in [2.45, 2.75) is 11.5 Å². The van der Waals surface area contributed by atoms with Crippen molar-refractivity contribution in [1.29, 1.82) is 0 Å². The van der Waals surface area contributed by atoms with Crippen molar-refractivity contribution in [2.75, 3.05) is 13.6 Å². The van der Waals surface area contributed by atoms with E-state index in [1.807, 2.05) is 72.8 Å². The Balaban J connectivity index is 1.55. The Morgan fingerprint density at radius 2 is 1.49 bits per heavy atom. The van der Waals surface area contributed by atoms with Crippen LogP contribution in [0.3, 0.4) is 0 Å². The number of benzene rings is 4. The Morgan fingerprint density at radius 1 is 0.838 bits per heavy atom. The molecule has 2 aliphatic rings. The lowest BCUT2D eigenvalue weighted by Gasteiger charge is -2.38. The fraction of sp³-hybridized carbons (Fsp3) is 0.156. The fourth-order valence-corrected chi connectivity index (χ4v) is 6.67. The summed E-state index contributed by atoms with van der Waals surface area (Å²) in [6.07, 6.45) is 0. The fourth-order valence-electron chi connectivity index (χ4n) is 6.54. The van der Waals surface area contributed by atoms with E-state index in [-0.39, 0.29) is 11.7 Å². The molecule has 1 aliphatic heterocycles. The molecule has 0 bridgehead atoms. The molecule has 1 unspecified atom stereocenters. The van der Waals surface area contributed by atoms with Gasteiger partial charge in [-0.15, -0.1) is 0 Å². The van der Waals surface area contributed by atoms with Crippen molar-refractivity contribution in [1.82, 2.24) is 14.9 Å². The number of hydrogen-bond donors (Lipinski definition) is 0. The number of likely N-dealkylation sites (tertiary alicyclic amines) is 1. The number of para-hydroxylation sites is 2. The van der Waals surface area contributed by atoms with Crippen LogP contribution in [0.15, 0.2) is 103 Å². The van der Waals surface area contributed by atoms with Gasteiger partial charge in [0.2, 0.25) is 0 Å². The zero-order chi connectivity index (χ0) is 25.1. The number of aromatic nitrogens is 2. The number of nitrogens with zero attached hydrogens (tertiary/aromatic N) is 3. The SMILES string of the molecule is CN1C[C@@H](c2ccc(Cl)cc2)[C@H](C(=O)c2ccccc2)C12c1ccccc1-c1nc3ccccc3nc12. The van der Waals surface area contributed by atoms with E-state index in [4.69, 9.17) is 21.6 Å². The molecule has 4 nitrogen and oxygen atoms in total. The lowest BCUT2D eigenvalue weighted by atomic mass is 9.70. The van der Waals surface area contributed by atoms with Gasteiger partial charge in [-0.3, -0.25) is 9.69 Å². The number of Topliss-reactive ketones (excluding diaryl/α,β-unsaturated/α-hetero) is 1. The first kappa shape index (κ1) is 22.3. The van der Waals surface area contributed by atoms with Gasteiger partial charge in [-0.1, -0.05) is 90.5 Å². The first-order valence-electron chi connectivity index (χ1n) is 12.5. The molecule has 0 saturated carbocycles. The third-order valence-electron chi connectivity index (χ3n) is 8.09. The van der Waals surface area contributed by atoms with Crippen LogP contribution in [0.2, 0.25) is 5.02 Å². The standard InChI is InChI=1S/C32H24ClN3O/c1-36-19-24(20-15-17-22(33)18-16-20)28(30(37)21-9-3-2-4-10-21)32(36)25-12-6-5-11-23(25)29-31(32)35-27-14-8-7-13-26(27)34-29/h2-18,24,28H,19H2,1H3/t24-,28+,32?/m0/s1. The summed E-state index contributed by atoms with van der Waals surface area (Å²) in [5.74, 6) is -0.344. The molecule has 5 aromatic rings. The highest BCUT2D eigenvalue weighted by atomic mass is 35.5. The predicted octanol–water partition coefficient (Wildman–Crippen LogP) is 6.74. The van der Waals surface area contributed by atoms with Gasteiger partial charge in [0, 0.05) is 28.6 Å². The minimum absolute atomic E-state index is 0.0535. The van der Waals surface area contributed by atoms with Crippen LogP contribution in [0.25, 0.3) is 22.3 Å². The first-order valence-corrected chi connectivity index (χ1v) is 12.9. The summed E-state index contributed by atoms with van der Waals surface area (Å²) < 4.78 is 0. The maximum atomic E-state index is 14.6. The third-order valence-corrected chi connectivity index (χ3v) is 8.34. The Hall–Kier alpha value is -3.86. The summed E-state index contributed by atoms with van der Waals surface area (Å²) in [5.41, 5.74) is 6.61. The molecule has 37 heavy (non-hydrogen) atoms. The molecular formula is C32H24ClN3O. The van der Waals surface area contributed by atoms with Crippen molar-refractivity contribution in [3.63, 3.8) is 0 Å². The quantitative estimate of drug-likeness (QED) is 0.257. The minimum atomic E-state index is -0.750. The Labute approximate surface area is 220 Å². The van der Waals surface area contributed by atoms with Crippen LogP contribution in [0.5, 0.6) is 0 Å². The number of halogens is 1. The smallest absolute Gasteiger partial charge is 0.169 e. The zero-order valence-electron chi connectivity index (χ0n) is 20.3. The molecular weight excluding hydrogens is 478 g/mol. The topological polar surface area (TPSA) is 46.1 Å². The molecule has 2 heterocycles. The van der Waals surface area contributed by atoms with Crippen molar-refractivity contribution < 1.29 is 4.79 Å². The van der Waals surface area contributed by atoms with Crippen LogP contribution in [-0.4, -0.2) is 34.2 Å². The van der Waals surface area contributed by atoms with Crippen LogP contribution >= 0.6 is 11.6 Å². The summed E-state index contributed by atoms with van der Waals surface area (Å²) >= 11 is 6.26. The number of carbonyl (C=O) groups excluding carboxylic acids is 1. The molecule has 4 aromatic carbocycles. The van der Waals surface area contributed by atoms with Crippen LogP contribution in [0.4, 0.5) is 0 Å². The second-order valence-electron chi connectivity index (χ2n) is 9.97. The molecule has 180 valence electrons. The van der Waals surface area contributed by atoms with E-state index in [9.17, 15) is 4.79 Å². The zero-order valence-corrected chi connectivity index (χ0v) is 21.1. The molecule has 1 aromatic heterocycles. The Bertz CT molecular complexity index is 1670. The van der Waals surface area contributed by atoms with Crippen molar-refractivity contribution in [3.8, 4) is 11.3 Å². The van der Waals surface area contributed by atoms with Crippen LogP contribution in [0.1, 0.15) is 33.1 Å². The van der Waals surface area contributed by atoms with Crippen molar-refractivity contribution in [3.05, 3.63) is 131 Å². The summed E-state index contributed by atoms with van der Waals surface area (Å²) in [7, 11) is 2.12. The van der Waals surface area contributed by atoms with E-state index in [1.165, 1.54) is 0 Å². The summed E-state index contributed by atoms with van der Waals surface area (Å²) in [6, 6.07) is 33.9. The minimum Gasteiger partial charge on any atom is -0.294 e. The van der Waals surface area contributed by atoms with E-state index in [2.05, 4.69) is 42.3 Å². The van der Waals surface area contributed by atoms with Gasteiger partial charge in [-0.2, -0.15) is 0 Å². The average Bonchev–Trinajstić information content (AvgIpc) is 3.40. The summed E-state index contributed by atoms with van der Waals surface area (Å²) in [5, 5.41) is 0.685. The van der Waals surface area contributed by atoms with Crippen LogP contribution in [0, 0.1) is 5.92 Å². The van der Waals surface area contributed by atoms with Gasteiger partial charge in [0.25, 0.3) is 0 Å². The molecule has 0 amide bonds. The second kappa shape index (κ2) is 8.34. The van der Waals surface area contributed by atoms with Gasteiger partial charge in [0.15, 0.2) is 5.78 Å². The van der Waals surface area contributed by atoms with Gasteiger partial charge >= 0.3 is 0 Å². The monoisotopic (exact) mass is 501 g/mol. The molecule has 0 N–H and O–H groups in total. The molecule has 3 atom stereocenters. The van der Waals surface area contributed by atoms with E-state index in [0.29, 0.717) is 17.1 Å². The maximum Gasteiger partial charge on any atom is 0.169 e. The number of fused-ring (bicyclic) bond motifs is 6. The summed E-state index contributed by atoms with van der Waals surface area (Å²) in [4.78, 5) is 27.3. The third kappa shape index (κ3) is 3.16. The second-order valence-corrected chi connectivity index (χ2v) is 10.4. The highest BCUT2D eigenvalue weighted by molar-refractivity contribution is 6.30. The van der Waals surface area contributed by atoms with E-state index in [1.54, 1.807) is 0 Å². The van der Waals surface area contributed by atoms with E-state index in [0.717, 1.165) is 39.1 Å². The number of likely N-dealkylation sites (N-methyl/N-ethyl adjacent to an activating group) is 1. The van der Waals surface area contributed by atoms with Crippen LogP contribution in [-0.2, 0) is 5.54 Å². The van der Waals surface area contributed by atoms with Gasteiger partial charge in [-0.05, 0) is 42.4 Å². The molecule has 0 radical (unpaired) electrons. The number of carbonyl (C=O) groups is 1. The number of hydrogen-bond acceptors (Lipinski definition) is 4. The Kier molecular flexibility index (Phi) is 5.04. The molecule has 1 spiro atoms. The van der Waals surface area contributed by atoms with Crippen molar-refractivity contribution in [2.24, 2.45) is 5.92 Å². The highest BCUT2D eigenvalue weighted by Crippen LogP contribution is 2.60. The molecule has 5 heteroatoms. The average molecular weight is 502 g/mol. The summed E-state index contributed by atoms with van der Waals surface area (Å²) in [6.45, 7) is 0.702. The molecule has 7 rings (SSSR count). The van der Waals surface area contributed by atoms with Crippen molar-refractivity contribution >= 4 is 28.4 Å². The largest absolute Gasteiger partial charge is 0.294 e. The van der Waals surface area contributed by atoms with E-state index < -0.39 is 11.5 Å². The van der Waals surface area contributed by atoms with Gasteiger partial charge in [0.1, 0.15) is 5.54 Å². The normalized spacial score (nSPS) is 22.3. The number of rotatable bonds is 3. The Morgan fingerprint density at radius 3 is 2.24 bits per heavy atom. The molecule has 1 fully saturated rings. The van der Waals surface area contributed by atoms with Gasteiger partial charge in [0.05, 0.1) is 28.3 Å². The number of ketones is 1. The maximum absolute atomic E-state index is 14.6. The lowest BCUT2D eigenvalue weighted by Crippen LogP contribution is -2.46. The van der Waals surface area contributed by atoms with E-state index >= 15 is 0 Å². The van der Waals surface area contributed by atoms with Gasteiger partial charge < -0.3 is 0 Å².